The highest BCUT2D eigenvalue weighted by Gasteiger charge is 2.22. The second kappa shape index (κ2) is 4.25. The molecule has 5 heteroatoms. The van der Waals surface area contributed by atoms with Crippen LogP contribution in [-0.4, -0.2) is 9.97 Å². The first-order valence-corrected chi connectivity index (χ1v) is 5.85. The van der Waals surface area contributed by atoms with E-state index in [0.29, 0.717) is 5.95 Å². The number of nitrogen functional groups attached to an aromatic ring is 1. The summed E-state index contributed by atoms with van der Waals surface area (Å²) in [5, 5.41) is 3.21. The van der Waals surface area contributed by atoms with Crippen molar-refractivity contribution in [2.24, 2.45) is 0 Å². The van der Waals surface area contributed by atoms with E-state index in [4.69, 9.17) is 5.73 Å². The molecule has 0 fully saturated rings. The van der Waals surface area contributed by atoms with Crippen LogP contribution in [-0.2, 0) is 6.42 Å². The molecule has 1 aliphatic rings. The average Bonchev–Trinajstić information content (AvgIpc) is 2.74. The number of aryl methyl sites for hydroxylation is 1. The van der Waals surface area contributed by atoms with Crippen molar-refractivity contribution in [2.75, 3.05) is 11.1 Å². The number of rotatable bonds is 2. The zero-order chi connectivity index (χ0) is 12.5. The van der Waals surface area contributed by atoms with E-state index in [1.54, 1.807) is 0 Å². The van der Waals surface area contributed by atoms with Gasteiger partial charge in [0.2, 0.25) is 5.95 Å². The van der Waals surface area contributed by atoms with E-state index in [0.717, 1.165) is 30.9 Å². The molecule has 0 amide bonds. The third-order valence-electron chi connectivity index (χ3n) is 3.17. The highest BCUT2D eigenvalue weighted by Crippen LogP contribution is 2.34. The van der Waals surface area contributed by atoms with Gasteiger partial charge in [0, 0.05) is 5.69 Å². The molecule has 0 aliphatic heterocycles. The smallest absolute Gasteiger partial charge is 0.223 e. The van der Waals surface area contributed by atoms with E-state index < -0.39 is 5.82 Å². The summed E-state index contributed by atoms with van der Waals surface area (Å²) in [7, 11) is 0. The lowest BCUT2D eigenvalue weighted by Crippen LogP contribution is -2.09. The summed E-state index contributed by atoms with van der Waals surface area (Å²) in [4.78, 5) is 7.82. The first-order valence-electron chi connectivity index (χ1n) is 5.85. The molecule has 3 N–H and O–H groups in total. The summed E-state index contributed by atoms with van der Waals surface area (Å²) in [6.07, 6.45) is 4.28. The van der Waals surface area contributed by atoms with Crippen molar-refractivity contribution in [3.63, 3.8) is 0 Å². The number of nitrogens with two attached hydrogens (primary N) is 1. The van der Waals surface area contributed by atoms with Gasteiger partial charge in [-0.2, -0.15) is 0 Å². The SMILES string of the molecule is Nc1ccc2c(c1)CCC2Nc1ncc(F)cn1. The van der Waals surface area contributed by atoms with Gasteiger partial charge in [0.05, 0.1) is 18.4 Å². The minimum atomic E-state index is -0.430. The van der Waals surface area contributed by atoms with Crippen LogP contribution in [0.4, 0.5) is 16.0 Å². The largest absolute Gasteiger partial charge is 0.399 e. The topological polar surface area (TPSA) is 63.8 Å². The summed E-state index contributed by atoms with van der Waals surface area (Å²) in [6, 6.07) is 6.09. The Morgan fingerprint density at radius 3 is 2.83 bits per heavy atom. The van der Waals surface area contributed by atoms with Gasteiger partial charge in [0.25, 0.3) is 0 Å². The maximum Gasteiger partial charge on any atom is 0.223 e. The lowest BCUT2D eigenvalue weighted by Gasteiger charge is -2.13. The number of hydrogen-bond acceptors (Lipinski definition) is 4. The first kappa shape index (κ1) is 11.0. The highest BCUT2D eigenvalue weighted by atomic mass is 19.1. The van der Waals surface area contributed by atoms with Crippen molar-refractivity contribution in [3.8, 4) is 0 Å². The third kappa shape index (κ3) is 1.99. The van der Waals surface area contributed by atoms with Gasteiger partial charge >= 0.3 is 0 Å². The van der Waals surface area contributed by atoms with Gasteiger partial charge in [0.1, 0.15) is 0 Å². The standard InChI is InChI=1S/C13H13FN4/c14-9-6-16-13(17-7-9)18-12-4-1-8-5-10(15)2-3-11(8)12/h2-3,5-7,12H,1,4,15H2,(H,16,17,18). The molecule has 1 aromatic carbocycles. The quantitative estimate of drug-likeness (QED) is 0.796. The van der Waals surface area contributed by atoms with E-state index in [9.17, 15) is 4.39 Å². The molecule has 1 unspecified atom stereocenters. The molecular weight excluding hydrogens is 231 g/mol. The van der Waals surface area contributed by atoms with E-state index in [1.807, 2.05) is 18.2 Å². The second-order valence-corrected chi connectivity index (χ2v) is 4.42. The Labute approximate surface area is 104 Å². The van der Waals surface area contributed by atoms with E-state index in [2.05, 4.69) is 15.3 Å². The molecule has 18 heavy (non-hydrogen) atoms. The van der Waals surface area contributed by atoms with Crippen LogP contribution in [0, 0.1) is 5.82 Å². The monoisotopic (exact) mass is 244 g/mol. The average molecular weight is 244 g/mol. The number of benzene rings is 1. The number of aromatic nitrogens is 2. The van der Waals surface area contributed by atoms with Crippen molar-refractivity contribution in [2.45, 2.75) is 18.9 Å². The number of halogens is 1. The van der Waals surface area contributed by atoms with Crippen molar-refractivity contribution in [3.05, 3.63) is 47.5 Å². The van der Waals surface area contributed by atoms with Crippen molar-refractivity contribution in [1.29, 1.82) is 0 Å². The molecule has 0 spiro atoms. The Morgan fingerprint density at radius 2 is 2.06 bits per heavy atom. The molecule has 1 aromatic heterocycles. The molecule has 0 saturated carbocycles. The molecule has 0 saturated heterocycles. The van der Waals surface area contributed by atoms with Crippen molar-refractivity contribution in [1.82, 2.24) is 9.97 Å². The number of nitrogens with one attached hydrogen (secondary N) is 1. The van der Waals surface area contributed by atoms with Gasteiger partial charge in [-0.3, -0.25) is 0 Å². The summed E-state index contributed by atoms with van der Waals surface area (Å²) in [5.74, 6) is 0.0196. The van der Waals surface area contributed by atoms with Gasteiger partial charge in [-0.1, -0.05) is 6.07 Å². The molecule has 1 heterocycles. The highest BCUT2D eigenvalue weighted by molar-refractivity contribution is 5.49. The molecule has 0 bridgehead atoms. The maximum atomic E-state index is 12.7. The van der Waals surface area contributed by atoms with Crippen LogP contribution in [0.2, 0.25) is 0 Å². The van der Waals surface area contributed by atoms with Crippen LogP contribution in [0.25, 0.3) is 0 Å². The van der Waals surface area contributed by atoms with Crippen molar-refractivity contribution < 1.29 is 4.39 Å². The predicted octanol–water partition coefficient (Wildman–Crippen LogP) is 2.30. The number of hydrogen-bond donors (Lipinski definition) is 2. The molecule has 92 valence electrons. The fraction of sp³-hybridized carbons (Fsp3) is 0.231. The Bertz CT molecular complexity index is 568. The predicted molar refractivity (Wildman–Crippen MR) is 67.5 cm³/mol. The number of nitrogens with zero attached hydrogens (tertiary/aromatic N) is 2. The number of fused-ring (bicyclic) bond motifs is 1. The molecular formula is C13H13FN4. The van der Waals surface area contributed by atoms with Gasteiger partial charge in [-0.05, 0) is 36.1 Å². The molecule has 1 aliphatic carbocycles. The minimum Gasteiger partial charge on any atom is -0.399 e. The van der Waals surface area contributed by atoms with Crippen LogP contribution >= 0.6 is 0 Å². The normalized spacial score (nSPS) is 17.5. The Kier molecular flexibility index (Phi) is 2.59. The molecule has 0 radical (unpaired) electrons. The minimum absolute atomic E-state index is 0.172. The fourth-order valence-electron chi connectivity index (χ4n) is 2.33. The fourth-order valence-corrected chi connectivity index (χ4v) is 2.33. The zero-order valence-electron chi connectivity index (χ0n) is 9.73. The lowest BCUT2D eigenvalue weighted by molar-refractivity contribution is 0.613. The lowest BCUT2D eigenvalue weighted by atomic mass is 10.1. The summed E-state index contributed by atoms with van der Waals surface area (Å²) < 4.78 is 12.7. The Balaban J connectivity index is 1.82. The van der Waals surface area contributed by atoms with Crippen LogP contribution in [0.15, 0.2) is 30.6 Å². The van der Waals surface area contributed by atoms with Crippen molar-refractivity contribution >= 4 is 11.6 Å². The van der Waals surface area contributed by atoms with Gasteiger partial charge in [0.15, 0.2) is 5.82 Å². The maximum absolute atomic E-state index is 12.7. The van der Waals surface area contributed by atoms with E-state index in [1.165, 1.54) is 11.1 Å². The zero-order valence-corrected chi connectivity index (χ0v) is 9.73. The summed E-state index contributed by atoms with van der Waals surface area (Å²) in [6.45, 7) is 0. The van der Waals surface area contributed by atoms with E-state index >= 15 is 0 Å². The van der Waals surface area contributed by atoms with Crippen LogP contribution < -0.4 is 11.1 Å². The van der Waals surface area contributed by atoms with Crippen LogP contribution in [0.1, 0.15) is 23.6 Å². The molecule has 1 atom stereocenters. The third-order valence-corrected chi connectivity index (χ3v) is 3.17. The Hall–Kier alpha value is -2.17. The first-order chi connectivity index (χ1) is 8.72. The van der Waals surface area contributed by atoms with Gasteiger partial charge in [-0.15, -0.1) is 0 Å². The van der Waals surface area contributed by atoms with Gasteiger partial charge < -0.3 is 11.1 Å². The van der Waals surface area contributed by atoms with E-state index in [-0.39, 0.29) is 6.04 Å². The van der Waals surface area contributed by atoms with Crippen LogP contribution in [0.3, 0.4) is 0 Å². The second-order valence-electron chi connectivity index (χ2n) is 4.42. The molecule has 2 aromatic rings. The molecule has 3 rings (SSSR count). The van der Waals surface area contributed by atoms with Gasteiger partial charge in [-0.25, -0.2) is 14.4 Å². The summed E-state index contributed by atoms with van der Waals surface area (Å²) >= 11 is 0. The molecule has 4 nitrogen and oxygen atoms in total. The summed E-state index contributed by atoms with van der Waals surface area (Å²) in [5.41, 5.74) is 9.02. The van der Waals surface area contributed by atoms with Crippen LogP contribution in [0.5, 0.6) is 0 Å². The Morgan fingerprint density at radius 1 is 1.28 bits per heavy atom. The number of anilines is 2.